The number of pyridine rings is 1. The minimum absolute atomic E-state index is 0.391. The molecule has 2 aromatic rings. The second kappa shape index (κ2) is 4.19. The van der Waals surface area contributed by atoms with Crippen molar-refractivity contribution in [2.75, 3.05) is 5.32 Å². The molecule has 0 atom stereocenters. The molecule has 0 aliphatic rings. The van der Waals surface area contributed by atoms with Gasteiger partial charge in [0.05, 0.1) is 0 Å². The third-order valence-electron chi connectivity index (χ3n) is 2.18. The minimum atomic E-state index is 0.391. The number of nitrogens with one attached hydrogen (secondary N) is 1. The van der Waals surface area contributed by atoms with E-state index in [4.69, 9.17) is 0 Å². The smallest absolute Gasteiger partial charge is 0.134 e. The highest BCUT2D eigenvalue weighted by Gasteiger charge is 2.04. The van der Waals surface area contributed by atoms with Crippen molar-refractivity contribution in [2.24, 2.45) is 0 Å². The average molecular weight is 265 g/mol. The zero-order valence-electron chi connectivity index (χ0n) is 8.79. The molecule has 2 nitrogen and oxygen atoms in total. The second-order valence-electron chi connectivity index (χ2n) is 3.79. The molecular formula is C12H13BrN2. The zero-order chi connectivity index (χ0) is 10.8. The predicted octanol–water partition coefficient (Wildman–Crippen LogP) is 3.82. The Morgan fingerprint density at radius 1 is 1.20 bits per heavy atom. The zero-order valence-corrected chi connectivity index (χ0v) is 10.4. The minimum Gasteiger partial charge on any atom is -0.367 e. The first-order chi connectivity index (χ1) is 7.18. The van der Waals surface area contributed by atoms with Gasteiger partial charge in [0, 0.05) is 27.5 Å². The second-order valence-corrected chi connectivity index (χ2v) is 4.65. The van der Waals surface area contributed by atoms with Crippen molar-refractivity contribution in [2.45, 2.75) is 19.9 Å². The van der Waals surface area contributed by atoms with Crippen molar-refractivity contribution >= 4 is 32.5 Å². The molecule has 1 N–H and O–H groups in total. The summed E-state index contributed by atoms with van der Waals surface area (Å²) >= 11 is 3.54. The van der Waals surface area contributed by atoms with Crippen molar-refractivity contribution in [1.82, 2.24) is 4.98 Å². The van der Waals surface area contributed by atoms with Crippen LogP contribution in [-0.2, 0) is 0 Å². The Morgan fingerprint density at radius 3 is 2.73 bits per heavy atom. The standard InChI is InChI=1S/C12H13BrN2/c1-8(2)15-12-10-4-3-5-11(13)9(10)6-7-14-12/h3-8H,1-2H3,(H,14,15). The van der Waals surface area contributed by atoms with E-state index in [1.165, 1.54) is 5.39 Å². The van der Waals surface area contributed by atoms with Crippen LogP contribution >= 0.6 is 15.9 Å². The van der Waals surface area contributed by atoms with Gasteiger partial charge in [0.25, 0.3) is 0 Å². The third-order valence-corrected chi connectivity index (χ3v) is 2.87. The molecule has 1 aromatic carbocycles. The summed E-state index contributed by atoms with van der Waals surface area (Å²) in [5, 5.41) is 5.69. The topological polar surface area (TPSA) is 24.9 Å². The number of benzene rings is 1. The van der Waals surface area contributed by atoms with Gasteiger partial charge in [0.2, 0.25) is 0 Å². The van der Waals surface area contributed by atoms with E-state index in [1.807, 2.05) is 24.4 Å². The van der Waals surface area contributed by atoms with Crippen LogP contribution in [0.15, 0.2) is 34.9 Å². The Bertz CT molecular complexity index is 480. The van der Waals surface area contributed by atoms with Gasteiger partial charge in [-0.05, 0) is 26.0 Å². The molecule has 0 fully saturated rings. The lowest BCUT2D eigenvalue weighted by Crippen LogP contribution is -2.11. The molecule has 3 heteroatoms. The Labute approximate surface area is 97.8 Å². The number of aromatic nitrogens is 1. The summed E-state index contributed by atoms with van der Waals surface area (Å²) in [6.07, 6.45) is 1.83. The quantitative estimate of drug-likeness (QED) is 0.892. The molecule has 0 radical (unpaired) electrons. The average Bonchev–Trinajstić information content (AvgIpc) is 2.19. The molecule has 0 amide bonds. The highest BCUT2D eigenvalue weighted by molar-refractivity contribution is 9.10. The van der Waals surface area contributed by atoms with Crippen LogP contribution in [0.25, 0.3) is 10.8 Å². The fraction of sp³-hybridized carbons (Fsp3) is 0.250. The van der Waals surface area contributed by atoms with E-state index in [0.29, 0.717) is 6.04 Å². The van der Waals surface area contributed by atoms with E-state index in [0.717, 1.165) is 15.7 Å². The molecule has 0 unspecified atom stereocenters. The Kier molecular flexibility index (Phi) is 2.91. The van der Waals surface area contributed by atoms with E-state index < -0.39 is 0 Å². The molecule has 0 aliphatic carbocycles. The highest BCUT2D eigenvalue weighted by atomic mass is 79.9. The number of anilines is 1. The number of nitrogens with zero attached hydrogens (tertiary/aromatic N) is 1. The van der Waals surface area contributed by atoms with Gasteiger partial charge >= 0.3 is 0 Å². The van der Waals surface area contributed by atoms with Crippen molar-refractivity contribution in [3.63, 3.8) is 0 Å². The Morgan fingerprint density at radius 2 is 2.00 bits per heavy atom. The number of fused-ring (bicyclic) bond motifs is 1. The molecule has 0 aliphatic heterocycles. The van der Waals surface area contributed by atoms with Crippen LogP contribution in [0.3, 0.4) is 0 Å². The SMILES string of the molecule is CC(C)Nc1nccc2c(Br)cccc12. The molecule has 0 saturated carbocycles. The summed E-state index contributed by atoms with van der Waals surface area (Å²) in [7, 11) is 0. The summed E-state index contributed by atoms with van der Waals surface area (Å²) in [6, 6.07) is 8.56. The maximum Gasteiger partial charge on any atom is 0.134 e. The van der Waals surface area contributed by atoms with Crippen LogP contribution in [0, 0.1) is 0 Å². The summed E-state index contributed by atoms with van der Waals surface area (Å²) in [5.74, 6) is 0.948. The van der Waals surface area contributed by atoms with Crippen molar-refractivity contribution in [3.05, 3.63) is 34.9 Å². The number of hydrogen-bond acceptors (Lipinski definition) is 2. The van der Waals surface area contributed by atoms with Crippen LogP contribution in [0.4, 0.5) is 5.82 Å². The summed E-state index contributed by atoms with van der Waals surface area (Å²) in [5.41, 5.74) is 0. The molecule has 0 spiro atoms. The summed E-state index contributed by atoms with van der Waals surface area (Å²) < 4.78 is 1.11. The lowest BCUT2D eigenvalue weighted by molar-refractivity contribution is 0.892. The molecule has 1 aromatic heterocycles. The molecule has 0 saturated heterocycles. The van der Waals surface area contributed by atoms with Crippen LogP contribution in [0.2, 0.25) is 0 Å². The van der Waals surface area contributed by atoms with Crippen LogP contribution in [0.5, 0.6) is 0 Å². The first-order valence-corrected chi connectivity index (χ1v) is 5.77. The van der Waals surface area contributed by atoms with E-state index in [9.17, 15) is 0 Å². The molecule has 15 heavy (non-hydrogen) atoms. The molecule has 1 heterocycles. The predicted molar refractivity (Wildman–Crippen MR) is 68.2 cm³/mol. The van der Waals surface area contributed by atoms with Crippen LogP contribution < -0.4 is 5.32 Å². The largest absolute Gasteiger partial charge is 0.367 e. The van der Waals surface area contributed by atoms with Crippen molar-refractivity contribution in [3.8, 4) is 0 Å². The van der Waals surface area contributed by atoms with Gasteiger partial charge in [-0.2, -0.15) is 0 Å². The lowest BCUT2D eigenvalue weighted by atomic mass is 10.1. The number of hydrogen-bond donors (Lipinski definition) is 1. The van der Waals surface area contributed by atoms with Crippen molar-refractivity contribution in [1.29, 1.82) is 0 Å². The molecular weight excluding hydrogens is 252 g/mol. The number of halogens is 1. The molecule has 0 bridgehead atoms. The Hall–Kier alpha value is -1.09. The monoisotopic (exact) mass is 264 g/mol. The van der Waals surface area contributed by atoms with Gasteiger partial charge in [-0.3, -0.25) is 0 Å². The fourth-order valence-electron chi connectivity index (χ4n) is 1.56. The van der Waals surface area contributed by atoms with E-state index in [-0.39, 0.29) is 0 Å². The molecule has 2 rings (SSSR count). The van der Waals surface area contributed by atoms with Gasteiger partial charge < -0.3 is 5.32 Å². The molecule has 78 valence electrons. The highest BCUT2D eigenvalue weighted by Crippen LogP contribution is 2.27. The summed E-state index contributed by atoms with van der Waals surface area (Å²) in [4.78, 5) is 4.36. The van der Waals surface area contributed by atoms with E-state index >= 15 is 0 Å². The van der Waals surface area contributed by atoms with Crippen molar-refractivity contribution < 1.29 is 0 Å². The van der Waals surface area contributed by atoms with Crippen LogP contribution in [-0.4, -0.2) is 11.0 Å². The maximum atomic E-state index is 4.36. The first kappa shape index (κ1) is 10.4. The normalized spacial score (nSPS) is 10.9. The van der Waals surface area contributed by atoms with E-state index in [1.54, 1.807) is 0 Å². The van der Waals surface area contributed by atoms with Gasteiger partial charge in [-0.25, -0.2) is 4.98 Å². The van der Waals surface area contributed by atoms with Crippen LogP contribution in [0.1, 0.15) is 13.8 Å². The van der Waals surface area contributed by atoms with E-state index in [2.05, 4.69) is 46.1 Å². The lowest BCUT2D eigenvalue weighted by Gasteiger charge is -2.11. The third kappa shape index (κ3) is 2.12. The van der Waals surface area contributed by atoms with Gasteiger partial charge in [-0.15, -0.1) is 0 Å². The van der Waals surface area contributed by atoms with Gasteiger partial charge in [0.1, 0.15) is 5.82 Å². The Balaban J connectivity index is 2.61. The first-order valence-electron chi connectivity index (χ1n) is 4.98. The maximum absolute atomic E-state index is 4.36. The van der Waals surface area contributed by atoms with Gasteiger partial charge in [0.15, 0.2) is 0 Å². The summed E-state index contributed by atoms with van der Waals surface area (Å²) in [6.45, 7) is 4.22. The fourth-order valence-corrected chi connectivity index (χ4v) is 2.06. The number of rotatable bonds is 2. The van der Waals surface area contributed by atoms with Gasteiger partial charge in [-0.1, -0.05) is 28.1 Å².